The molecular weight excluding hydrogens is 288 g/mol. The first-order chi connectivity index (χ1) is 10.1. The van der Waals surface area contributed by atoms with E-state index < -0.39 is 8.80 Å². The van der Waals surface area contributed by atoms with Gasteiger partial charge in [0.1, 0.15) is 5.75 Å². The van der Waals surface area contributed by atoms with Crippen molar-refractivity contribution in [2.24, 2.45) is 0 Å². The molecule has 0 aliphatic rings. The Kier molecular flexibility index (Phi) is 7.34. The average molecular weight is 314 g/mol. The Morgan fingerprint density at radius 1 is 1.00 bits per heavy atom. The van der Waals surface area contributed by atoms with E-state index in [2.05, 4.69) is 0 Å². The van der Waals surface area contributed by atoms with Crippen molar-refractivity contribution in [2.75, 3.05) is 26.9 Å². The summed E-state index contributed by atoms with van der Waals surface area (Å²) in [4.78, 5) is 0. The number of methoxy groups -OCH3 is 1. The summed E-state index contributed by atoms with van der Waals surface area (Å²) in [5.74, 6) is 0.597. The summed E-state index contributed by atoms with van der Waals surface area (Å²) in [7, 11) is -1.48. The molecule has 0 atom stereocenters. The lowest BCUT2D eigenvalue weighted by molar-refractivity contribution is 0.0852. The monoisotopic (exact) mass is 314 g/mol. The van der Waals surface area contributed by atoms with Gasteiger partial charge in [-0.25, -0.2) is 0 Å². The van der Waals surface area contributed by atoms with E-state index in [1.165, 1.54) is 0 Å². The van der Waals surface area contributed by atoms with Crippen LogP contribution in [0.3, 0.4) is 0 Å². The van der Waals surface area contributed by atoms with Gasteiger partial charge in [0.15, 0.2) is 0 Å². The molecule has 0 radical (unpaired) electrons. The number of aliphatic hydroxyl groups excluding tert-OH is 1. The van der Waals surface area contributed by atoms with E-state index in [9.17, 15) is 5.11 Å². The van der Waals surface area contributed by atoms with E-state index >= 15 is 0 Å². The Balaban J connectivity index is 3.54. The SMILES string of the molecule is CCO[Si](OCC)(OCC)c1c(C)ccc(CO)c1OC. The van der Waals surface area contributed by atoms with E-state index in [4.69, 9.17) is 18.0 Å². The van der Waals surface area contributed by atoms with Crippen molar-refractivity contribution >= 4 is 14.0 Å². The van der Waals surface area contributed by atoms with Gasteiger partial charge in [0.2, 0.25) is 0 Å². The van der Waals surface area contributed by atoms with E-state index in [0.29, 0.717) is 31.1 Å². The summed E-state index contributed by atoms with van der Waals surface area (Å²) in [5, 5.41) is 10.3. The summed E-state index contributed by atoms with van der Waals surface area (Å²) in [6.07, 6.45) is 0. The molecule has 0 aromatic heterocycles. The van der Waals surface area contributed by atoms with Gasteiger partial charge < -0.3 is 23.1 Å². The highest BCUT2D eigenvalue weighted by Gasteiger charge is 2.47. The molecule has 0 bridgehead atoms. The zero-order valence-corrected chi connectivity index (χ0v) is 14.6. The molecule has 0 aliphatic heterocycles. The number of aliphatic hydroxyl groups is 1. The normalized spacial score (nSPS) is 11.7. The maximum atomic E-state index is 9.53. The molecule has 0 aliphatic carbocycles. The number of benzene rings is 1. The van der Waals surface area contributed by atoms with E-state index in [1.807, 2.05) is 39.8 Å². The number of ether oxygens (including phenoxy) is 1. The lowest BCUT2D eigenvalue weighted by Crippen LogP contribution is -2.58. The fourth-order valence-corrected chi connectivity index (χ4v) is 5.30. The van der Waals surface area contributed by atoms with Crippen LogP contribution >= 0.6 is 0 Å². The fourth-order valence-electron chi connectivity index (χ4n) is 2.37. The molecule has 0 heterocycles. The second kappa shape index (κ2) is 8.50. The molecule has 0 amide bonds. The van der Waals surface area contributed by atoms with Crippen LogP contribution < -0.4 is 9.92 Å². The highest BCUT2D eigenvalue weighted by atomic mass is 28.4. The quantitative estimate of drug-likeness (QED) is 0.704. The van der Waals surface area contributed by atoms with E-state index in [1.54, 1.807) is 7.11 Å². The van der Waals surface area contributed by atoms with E-state index in [0.717, 1.165) is 10.8 Å². The Hall–Kier alpha value is -0.923. The third-order valence-corrected chi connectivity index (χ3v) is 6.37. The zero-order chi connectivity index (χ0) is 15.9. The van der Waals surface area contributed by atoms with Crippen molar-refractivity contribution in [3.05, 3.63) is 23.3 Å². The maximum absolute atomic E-state index is 9.53. The topological polar surface area (TPSA) is 57.2 Å². The summed E-state index contributed by atoms with van der Waals surface area (Å²) in [5.41, 5.74) is 1.68. The van der Waals surface area contributed by atoms with Gasteiger partial charge in [-0.05, 0) is 33.3 Å². The molecule has 0 saturated carbocycles. The second-order valence-electron chi connectivity index (χ2n) is 4.46. The van der Waals surface area contributed by atoms with Crippen LogP contribution in [-0.4, -0.2) is 40.8 Å². The molecule has 0 unspecified atom stereocenters. The maximum Gasteiger partial charge on any atom is 0.541 e. The predicted octanol–water partition coefficient (Wildman–Crippen LogP) is 1.75. The summed E-state index contributed by atoms with van der Waals surface area (Å²) in [6, 6.07) is 3.78. The standard InChI is InChI=1S/C15H26O5Si/c1-6-18-21(19-7-2,20-8-3)15-12(4)9-10-13(11-16)14(15)17-5/h9-10,16H,6-8,11H2,1-5H3. The second-order valence-corrected chi connectivity index (χ2v) is 6.94. The predicted molar refractivity (Wildman–Crippen MR) is 83.9 cm³/mol. The minimum atomic E-state index is -3.07. The average Bonchev–Trinajstić information content (AvgIpc) is 2.47. The number of hydrogen-bond acceptors (Lipinski definition) is 5. The van der Waals surface area contributed by atoms with Crippen molar-refractivity contribution in [3.63, 3.8) is 0 Å². The van der Waals surface area contributed by atoms with Gasteiger partial charge in [0.25, 0.3) is 0 Å². The smallest absolute Gasteiger partial charge is 0.496 e. The summed E-state index contributed by atoms with van der Waals surface area (Å²) >= 11 is 0. The number of rotatable bonds is 9. The number of aryl methyl sites for hydroxylation is 1. The van der Waals surface area contributed by atoms with Gasteiger partial charge in [-0.3, -0.25) is 0 Å². The van der Waals surface area contributed by atoms with Crippen molar-refractivity contribution < 1.29 is 23.1 Å². The molecule has 5 nitrogen and oxygen atoms in total. The van der Waals surface area contributed by atoms with Gasteiger partial charge in [-0.1, -0.05) is 12.1 Å². The highest BCUT2D eigenvalue weighted by molar-refractivity contribution is 6.76. The van der Waals surface area contributed by atoms with E-state index in [-0.39, 0.29) is 6.61 Å². The van der Waals surface area contributed by atoms with Gasteiger partial charge in [0, 0.05) is 25.4 Å². The van der Waals surface area contributed by atoms with Gasteiger partial charge in [-0.2, -0.15) is 0 Å². The molecule has 0 fully saturated rings. The van der Waals surface area contributed by atoms with Crippen LogP contribution in [0.25, 0.3) is 0 Å². The molecule has 120 valence electrons. The molecule has 1 aromatic carbocycles. The highest BCUT2D eigenvalue weighted by Crippen LogP contribution is 2.24. The van der Waals surface area contributed by atoms with Crippen LogP contribution in [0, 0.1) is 6.92 Å². The number of hydrogen-bond donors (Lipinski definition) is 1. The van der Waals surface area contributed by atoms with Crippen molar-refractivity contribution in [1.29, 1.82) is 0 Å². The molecule has 1 aromatic rings. The van der Waals surface area contributed by atoms with Crippen LogP contribution in [-0.2, 0) is 19.9 Å². The van der Waals surface area contributed by atoms with Crippen LogP contribution in [0.1, 0.15) is 31.9 Å². The fraction of sp³-hybridized carbons (Fsp3) is 0.600. The van der Waals surface area contributed by atoms with Crippen LogP contribution in [0.4, 0.5) is 0 Å². The summed E-state index contributed by atoms with van der Waals surface area (Å²) < 4.78 is 23.4. The first-order valence-corrected chi connectivity index (χ1v) is 9.02. The first-order valence-electron chi connectivity index (χ1n) is 7.29. The van der Waals surface area contributed by atoms with Crippen molar-refractivity contribution in [3.8, 4) is 5.75 Å². The van der Waals surface area contributed by atoms with Crippen LogP contribution in [0.15, 0.2) is 12.1 Å². The lowest BCUT2D eigenvalue weighted by Gasteiger charge is -2.31. The Morgan fingerprint density at radius 2 is 1.52 bits per heavy atom. The third kappa shape index (κ3) is 3.84. The molecule has 6 heteroatoms. The molecule has 0 saturated heterocycles. The molecule has 0 spiro atoms. The minimum absolute atomic E-state index is 0.106. The Bertz CT molecular complexity index is 433. The van der Waals surface area contributed by atoms with Crippen molar-refractivity contribution in [1.82, 2.24) is 0 Å². The zero-order valence-electron chi connectivity index (χ0n) is 13.6. The van der Waals surface area contributed by atoms with Crippen LogP contribution in [0.2, 0.25) is 0 Å². The largest absolute Gasteiger partial charge is 0.541 e. The molecular formula is C15H26O5Si. The van der Waals surface area contributed by atoms with Gasteiger partial charge >= 0.3 is 8.80 Å². The molecule has 1 rings (SSSR count). The van der Waals surface area contributed by atoms with Crippen molar-refractivity contribution in [2.45, 2.75) is 34.3 Å². The Labute approximate surface area is 128 Å². The summed E-state index contributed by atoms with van der Waals surface area (Å²) in [6.45, 7) is 9.06. The lowest BCUT2D eigenvalue weighted by atomic mass is 10.1. The minimum Gasteiger partial charge on any atom is -0.496 e. The van der Waals surface area contributed by atoms with Gasteiger partial charge in [-0.15, -0.1) is 0 Å². The first kappa shape index (κ1) is 18.1. The Morgan fingerprint density at radius 3 is 1.90 bits per heavy atom. The third-order valence-electron chi connectivity index (χ3n) is 3.13. The van der Waals surface area contributed by atoms with Gasteiger partial charge in [0.05, 0.1) is 18.9 Å². The molecule has 1 N–H and O–H groups in total. The molecule has 21 heavy (non-hydrogen) atoms. The van der Waals surface area contributed by atoms with Crippen LogP contribution in [0.5, 0.6) is 5.75 Å².